The Morgan fingerprint density at radius 1 is 0.735 bits per heavy atom. The largest absolute Gasteiger partial charge is 0.478 e. The summed E-state index contributed by atoms with van der Waals surface area (Å²) in [5.41, 5.74) is 2.64. The van der Waals surface area contributed by atoms with Crippen LogP contribution in [0.2, 0.25) is 0 Å². The minimum atomic E-state index is -1.05. The van der Waals surface area contributed by atoms with E-state index in [1.807, 2.05) is 23.1 Å². The predicted molar refractivity (Wildman–Crippen MR) is 124 cm³/mol. The fraction of sp³-hybridized carbons (Fsp3) is 0.192. The van der Waals surface area contributed by atoms with Crippen molar-refractivity contribution < 1.29 is 34.4 Å². The summed E-state index contributed by atoms with van der Waals surface area (Å²) in [5, 5.41) is 28.2. The molecule has 0 saturated carbocycles. The van der Waals surface area contributed by atoms with Crippen LogP contribution < -0.4 is 0 Å². The lowest BCUT2D eigenvalue weighted by molar-refractivity contribution is 0.0685. The van der Waals surface area contributed by atoms with Crippen molar-refractivity contribution in [3.8, 4) is 0 Å². The summed E-state index contributed by atoms with van der Waals surface area (Å²) in [4.78, 5) is 36.4. The molecule has 0 aromatic heterocycles. The van der Waals surface area contributed by atoms with E-state index in [2.05, 4.69) is 0 Å². The molecule has 0 saturated heterocycles. The van der Waals surface area contributed by atoms with Crippen molar-refractivity contribution in [2.24, 2.45) is 0 Å². The summed E-state index contributed by atoms with van der Waals surface area (Å²) < 4.78 is 5.46. The molecule has 0 amide bonds. The Hall–Kier alpha value is -4.01. The molecular weight excluding hydrogens is 438 g/mol. The van der Waals surface area contributed by atoms with Gasteiger partial charge in [-0.2, -0.15) is 0 Å². The lowest BCUT2D eigenvalue weighted by Gasteiger charge is -2.32. The Morgan fingerprint density at radius 3 is 1.62 bits per heavy atom. The summed E-state index contributed by atoms with van der Waals surface area (Å²) in [6, 6.07) is 19.3. The van der Waals surface area contributed by atoms with Gasteiger partial charge >= 0.3 is 17.9 Å². The highest BCUT2D eigenvalue weighted by molar-refractivity contribution is 5.88. The number of aromatic carboxylic acids is 3. The first-order valence-corrected chi connectivity index (χ1v) is 10.5. The van der Waals surface area contributed by atoms with Gasteiger partial charge in [0, 0.05) is 20.2 Å². The maximum atomic E-state index is 11.5. The third-order valence-corrected chi connectivity index (χ3v) is 5.40. The highest BCUT2D eigenvalue weighted by Gasteiger charge is 2.23. The van der Waals surface area contributed by atoms with Gasteiger partial charge in [-0.1, -0.05) is 36.4 Å². The molecule has 3 rings (SSSR count). The SMILES string of the molecule is COC[C@H](c1cccc(C(=O)O)c1)N(Cc1cccc(C(=O)O)c1)Cc1cccc(C(=O)O)c1. The molecule has 176 valence electrons. The van der Waals surface area contributed by atoms with E-state index in [-0.39, 0.29) is 29.3 Å². The van der Waals surface area contributed by atoms with Gasteiger partial charge in [-0.05, 0) is 53.1 Å². The van der Waals surface area contributed by atoms with Crippen LogP contribution in [0, 0.1) is 0 Å². The van der Waals surface area contributed by atoms with Crippen LogP contribution in [0.4, 0.5) is 0 Å². The lowest BCUT2D eigenvalue weighted by atomic mass is 10.0. The summed E-state index contributed by atoms with van der Waals surface area (Å²) >= 11 is 0. The number of benzene rings is 3. The molecule has 3 N–H and O–H groups in total. The summed E-state index contributed by atoms with van der Waals surface area (Å²) in [7, 11) is 1.54. The van der Waals surface area contributed by atoms with Gasteiger partial charge in [0.15, 0.2) is 0 Å². The van der Waals surface area contributed by atoms with Crippen molar-refractivity contribution in [3.63, 3.8) is 0 Å². The van der Waals surface area contributed by atoms with Crippen molar-refractivity contribution in [1.29, 1.82) is 0 Å². The molecule has 0 aliphatic rings. The van der Waals surface area contributed by atoms with Crippen molar-refractivity contribution in [2.45, 2.75) is 19.1 Å². The zero-order valence-electron chi connectivity index (χ0n) is 18.5. The van der Waals surface area contributed by atoms with E-state index in [1.54, 1.807) is 43.5 Å². The third-order valence-electron chi connectivity index (χ3n) is 5.40. The van der Waals surface area contributed by atoms with E-state index >= 15 is 0 Å². The Kier molecular flexibility index (Phi) is 8.13. The highest BCUT2D eigenvalue weighted by Crippen LogP contribution is 2.27. The molecule has 3 aromatic rings. The molecule has 0 radical (unpaired) electrons. The van der Waals surface area contributed by atoms with E-state index < -0.39 is 17.9 Å². The molecule has 8 nitrogen and oxygen atoms in total. The number of hydrogen-bond acceptors (Lipinski definition) is 5. The van der Waals surface area contributed by atoms with Crippen LogP contribution in [0.25, 0.3) is 0 Å². The molecule has 0 bridgehead atoms. The maximum absolute atomic E-state index is 11.5. The number of rotatable bonds is 11. The van der Waals surface area contributed by atoms with Crippen LogP contribution in [0.1, 0.15) is 53.8 Å². The fourth-order valence-electron chi connectivity index (χ4n) is 3.80. The number of carboxylic acid groups (broad SMARTS) is 3. The molecule has 0 fully saturated rings. The van der Waals surface area contributed by atoms with Crippen LogP contribution in [0.15, 0.2) is 72.8 Å². The van der Waals surface area contributed by atoms with Crippen LogP contribution in [-0.4, -0.2) is 51.8 Å². The van der Waals surface area contributed by atoms with Gasteiger partial charge in [0.05, 0.1) is 29.3 Å². The summed E-state index contributed by atoms with van der Waals surface area (Å²) in [5.74, 6) is -3.12. The summed E-state index contributed by atoms with van der Waals surface area (Å²) in [6.07, 6.45) is 0. The van der Waals surface area contributed by atoms with Gasteiger partial charge in [-0.3, -0.25) is 4.90 Å². The molecule has 0 aliphatic carbocycles. The zero-order valence-corrected chi connectivity index (χ0v) is 18.5. The molecule has 0 heterocycles. The van der Waals surface area contributed by atoms with Crippen molar-refractivity contribution in [1.82, 2.24) is 4.90 Å². The average Bonchev–Trinajstić information content (AvgIpc) is 2.82. The van der Waals surface area contributed by atoms with Crippen molar-refractivity contribution >= 4 is 17.9 Å². The van der Waals surface area contributed by atoms with E-state index in [1.165, 1.54) is 18.2 Å². The number of ether oxygens (including phenoxy) is 1. The van der Waals surface area contributed by atoms with Gasteiger partial charge in [-0.25, -0.2) is 14.4 Å². The van der Waals surface area contributed by atoms with Crippen LogP contribution in [0.5, 0.6) is 0 Å². The van der Waals surface area contributed by atoms with E-state index in [0.29, 0.717) is 18.7 Å². The van der Waals surface area contributed by atoms with Gasteiger partial charge in [0.2, 0.25) is 0 Å². The zero-order chi connectivity index (χ0) is 24.7. The van der Waals surface area contributed by atoms with E-state index in [0.717, 1.165) is 11.1 Å². The molecule has 0 aliphatic heterocycles. The smallest absolute Gasteiger partial charge is 0.335 e. The number of carboxylic acids is 3. The van der Waals surface area contributed by atoms with Gasteiger partial charge < -0.3 is 20.1 Å². The topological polar surface area (TPSA) is 124 Å². The Balaban J connectivity index is 2.04. The van der Waals surface area contributed by atoms with Gasteiger partial charge in [-0.15, -0.1) is 0 Å². The molecule has 0 spiro atoms. The molecule has 3 aromatic carbocycles. The second-order valence-electron chi connectivity index (χ2n) is 7.82. The molecular formula is C26H25NO7. The Morgan fingerprint density at radius 2 is 1.18 bits per heavy atom. The third kappa shape index (κ3) is 6.28. The number of methoxy groups -OCH3 is 1. The van der Waals surface area contributed by atoms with Gasteiger partial charge in [0.1, 0.15) is 0 Å². The Labute approximate surface area is 196 Å². The first-order chi connectivity index (χ1) is 16.3. The normalized spacial score (nSPS) is 11.8. The fourth-order valence-corrected chi connectivity index (χ4v) is 3.80. The second kappa shape index (κ2) is 11.2. The maximum Gasteiger partial charge on any atom is 0.335 e. The minimum Gasteiger partial charge on any atom is -0.478 e. The first-order valence-electron chi connectivity index (χ1n) is 10.5. The molecule has 0 unspecified atom stereocenters. The summed E-state index contributed by atoms with van der Waals surface area (Å²) in [6.45, 7) is 0.883. The van der Waals surface area contributed by atoms with Crippen molar-refractivity contribution in [3.05, 3.63) is 106 Å². The number of hydrogen-bond donors (Lipinski definition) is 3. The standard InChI is InChI=1S/C26H25NO7/c1-34-16-23(19-7-4-10-22(13-19)26(32)33)27(14-17-5-2-8-20(11-17)24(28)29)15-18-6-3-9-21(12-18)25(30)31/h2-13,23H,14-16H2,1H3,(H,28,29)(H,30,31)(H,32,33)/t23-/m1/s1. The molecule has 8 heteroatoms. The second-order valence-corrected chi connectivity index (χ2v) is 7.82. The highest BCUT2D eigenvalue weighted by atomic mass is 16.5. The van der Waals surface area contributed by atoms with Crippen LogP contribution in [0.3, 0.4) is 0 Å². The van der Waals surface area contributed by atoms with E-state index in [9.17, 15) is 29.7 Å². The van der Waals surface area contributed by atoms with Crippen LogP contribution >= 0.6 is 0 Å². The predicted octanol–water partition coefficient (Wildman–Crippen LogP) is 4.17. The number of nitrogens with zero attached hydrogens (tertiary/aromatic N) is 1. The monoisotopic (exact) mass is 463 g/mol. The number of carbonyl (C=O) groups is 3. The quantitative estimate of drug-likeness (QED) is 0.387. The lowest BCUT2D eigenvalue weighted by Crippen LogP contribution is -2.31. The van der Waals surface area contributed by atoms with Crippen LogP contribution in [-0.2, 0) is 17.8 Å². The average molecular weight is 463 g/mol. The first kappa shape index (κ1) is 24.6. The molecule has 34 heavy (non-hydrogen) atoms. The van der Waals surface area contributed by atoms with Crippen molar-refractivity contribution in [2.75, 3.05) is 13.7 Å². The minimum absolute atomic E-state index is 0.138. The Bertz CT molecular complexity index is 1130. The van der Waals surface area contributed by atoms with E-state index in [4.69, 9.17) is 4.74 Å². The molecule has 1 atom stereocenters. The van der Waals surface area contributed by atoms with Gasteiger partial charge in [0.25, 0.3) is 0 Å².